The highest BCUT2D eigenvalue weighted by atomic mass is 16.4. The second kappa shape index (κ2) is 4.82. The van der Waals surface area contributed by atoms with Gasteiger partial charge in [-0.1, -0.05) is 13.8 Å². The molecule has 0 bridgehead atoms. The maximum absolute atomic E-state index is 11.1. The average molecular weight is 212 g/mol. The molecule has 0 fully saturated rings. The van der Waals surface area contributed by atoms with Gasteiger partial charge in [-0.2, -0.15) is 0 Å². The molecule has 0 saturated carbocycles. The van der Waals surface area contributed by atoms with E-state index >= 15 is 0 Å². The van der Waals surface area contributed by atoms with Gasteiger partial charge in [0.25, 0.3) is 0 Å². The van der Waals surface area contributed by atoms with Crippen LogP contribution in [-0.2, 0) is 17.6 Å². The van der Waals surface area contributed by atoms with Crippen molar-refractivity contribution in [2.24, 2.45) is 5.92 Å². The Bertz CT molecular complexity index is 390. The molecule has 5 nitrogen and oxygen atoms in total. The van der Waals surface area contributed by atoms with Crippen molar-refractivity contribution in [2.75, 3.05) is 0 Å². The molecule has 0 atom stereocenters. The van der Waals surface area contributed by atoms with Crippen molar-refractivity contribution in [1.82, 2.24) is 9.97 Å². The number of carboxylic acids is 1. The van der Waals surface area contributed by atoms with E-state index in [1.807, 2.05) is 13.8 Å². The first kappa shape index (κ1) is 11.6. The van der Waals surface area contributed by atoms with Gasteiger partial charge < -0.3 is 15.1 Å². The third-order valence-corrected chi connectivity index (χ3v) is 2.09. The van der Waals surface area contributed by atoms with E-state index in [0.29, 0.717) is 12.3 Å². The zero-order valence-corrected chi connectivity index (χ0v) is 8.96. The van der Waals surface area contributed by atoms with E-state index in [2.05, 4.69) is 9.97 Å². The van der Waals surface area contributed by atoms with Gasteiger partial charge in [-0.05, 0) is 18.8 Å². The van der Waals surface area contributed by atoms with Gasteiger partial charge >= 0.3 is 11.7 Å². The van der Waals surface area contributed by atoms with Crippen LogP contribution in [0.15, 0.2) is 4.79 Å². The SMILES string of the molecule is CC(C)Cc1[nH]c(=O)[nH]c1CCC(=O)O. The van der Waals surface area contributed by atoms with Crippen LogP contribution in [0.25, 0.3) is 0 Å². The lowest BCUT2D eigenvalue weighted by Crippen LogP contribution is -2.02. The molecule has 15 heavy (non-hydrogen) atoms. The molecule has 5 heteroatoms. The van der Waals surface area contributed by atoms with Gasteiger partial charge in [0, 0.05) is 11.4 Å². The van der Waals surface area contributed by atoms with Crippen molar-refractivity contribution in [3.8, 4) is 0 Å². The number of hydrogen-bond donors (Lipinski definition) is 3. The van der Waals surface area contributed by atoms with Crippen LogP contribution < -0.4 is 5.69 Å². The largest absolute Gasteiger partial charge is 0.481 e. The third kappa shape index (κ3) is 3.61. The van der Waals surface area contributed by atoms with Crippen LogP contribution in [-0.4, -0.2) is 21.0 Å². The van der Waals surface area contributed by atoms with Crippen molar-refractivity contribution in [3.63, 3.8) is 0 Å². The van der Waals surface area contributed by atoms with Gasteiger partial charge in [-0.15, -0.1) is 0 Å². The fraction of sp³-hybridized carbons (Fsp3) is 0.600. The molecule has 0 aliphatic heterocycles. The van der Waals surface area contributed by atoms with Gasteiger partial charge in [0.05, 0.1) is 6.42 Å². The van der Waals surface area contributed by atoms with Crippen LogP contribution in [0.3, 0.4) is 0 Å². The first-order valence-electron chi connectivity index (χ1n) is 5.01. The summed E-state index contributed by atoms with van der Waals surface area (Å²) in [6.07, 6.45) is 1.17. The molecule has 0 radical (unpaired) electrons. The summed E-state index contributed by atoms with van der Waals surface area (Å²) in [6, 6.07) is 0. The summed E-state index contributed by atoms with van der Waals surface area (Å²) in [5.74, 6) is -0.424. The summed E-state index contributed by atoms with van der Waals surface area (Å²) in [5.41, 5.74) is 1.29. The first-order chi connectivity index (χ1) is 6.99. The molecule has 3 N–H and O–H groups in total. The Kier molecular flexibility index (Phi) is 3.71. The van der Waals surface area contributed by atoms with E-state index in [1.54, 1.807) is 0 Å². The number of rotatable bonds is 5. The minimum Gasteiger partial charge on any atom is -0.481 e. The molecule has 84 valence electrons. The molecule has 0 aliphatic carbocycles. The third-order valence-electron chi connectivity index (χ3n) is 2.09. The summed E-state index contributed by atoms with van der Waals surface area (Å²) in [4.78, 5) is 26.8. The average Bonchev–Trinajstić information content (AvgIpc) is 2.41. The molecular formula is C10H16N2O3. The fourth-order valence-corrected chi connectivity index (χ4v) is 1.48. The molecule has 0 aromatic carbocycles. The Morgan fingerprint density at radius 1 is 1.33 bits per heavy atom. The highest BCUT2D eigenvalue weighted by Gasteiger charge is 2.10. The Balaban J connectivity index is 2.76. The predicted octanol–water partition coefficient (Wildman–Crippen LogP) is 0.919. The standard InChI is InChI=1S/C10H16N2O3/c1-6(2)5-8-7(3-4-9(13)14)11-10(15)12-8/h6H,3-5H2,1-2H3,(H,13,14)(H2,11,12,15). The molecule has 1 aromatic rings. The van der Waals surface area contributed by atoms with E-state index in [-0.39, 0.29) is 12.1 Å². The first-order valence-corrected chi connectivity index (χ1v) is 5.01. The molecule has 0 spiro atoms. The van der Waals surface area contributed by atoms with Crippen LogP contribution in [0, 0.1) is 5.92 Å². The quantitative estimate of drug-likeness (QED) is 0.678. The van der Waals surface area contributed by atoms with Crippen molar-refractivity contribution in [2.45, 2.75) is 33.1 Å². The number of hydrogen-bond acceptors (Lipinski definition) is 2. The zero-order chi connectivity index (χ0) is 11.4. The van der Waals surface area contributed by atoms with Crippen LogP contribution in [0.1, 0.15) is 31.7 Å². The van der Waals surface area contributed by atoms with Crippen LogP contribution in [0.5, 0.6) is 0 Å². The topological polar surface area (TPSA) is 86.0 Å². The Morgan fingerprint density at radius 3 is 2.47 bits per heavy atom. The van der Waals surface area contributed by atoms with Gasteiger partial charge in [0.2, 0.25) is 0 Å². The molecule has 0 saturated heterocycles. The fourth-order valence-electron chi connectivity index (χ4n) is 1.48. The number of aliphatic carboxylic acids is 1. The number of aryl methyl sites for hydroxylation is 1. The maximum Gasteiger partial charge on any atom is 0.323 e. The summed E-state index contributed by atoms with van der Waals surface area (Å²) < 4.78 is 0. The number of carbonyl (C=O) groups is 1. The van der Waals surface area contributed by atoms with Gasteiger partial charge in [-0.3, -0.25) is 4.79 Å². The zero-order valence-electron chi connectivity index (χ0n) is 8.96. The van der Waals surface area contributed by atoms with E-state index in [4.69, 9.17) is 5.11 Å². The van der Waals surface area contributed by atoms with E-state index in [1.165, 1.54) is 0 Å². The van der Waals surface area contributed by atoms with Gasteiger partial charge in [0.1, 0.15) is 0 Å². The number of aromatic amines is 2. The number of aromatic nitrogens is 2. The lowest BCUT2D eigenvalue weighted by Gasteiger charge is -2.04. The number of carboxylic acid groups (broad SMARTS) is 1. The molecule has 0 amide bonds. The van der Waals surface area contributed by atoms with Gasteiger partial charge in [-0.25, -0.2) is 4.79 Å². The van der Waals surface area contributed by atoms with Crippen LogP contribution in [0.2, 0.25) is 0 Å². The summed E-state index contributed by atoms with van der Waals surface area (Å²) in [6.45, 7) is 4.10. The minimum atomic E-state index is -0.854. The highest BCUT2D eigenvalue weighted by Crippen LogP contribution is 2.09. The molecular weight excluding hydrogens is 196 g/mol. The second-order valence-electron chi connectivity index (χ2n) is 4.03. The minimum absolute atomic E-state index is 0.0406. The molecule has 0 aliphatic rings. The smallest absolute Gasteiger partial charge is 0.323 e. The lowest BCUT2D eigenvalue weighted by molar-refractivity contribution is -0.136. The highest BCUT2D eigenvalue weighted by molar-refractivity contribution is 5.67. The molecule has 1 rings (SSSR count). The Morgan fingerprint density at radius 2 is 1.93 bits per heavy atom. The Hall–Kier alpha value is -1.52. The monoisotopic (exact) mass is 212 g/mol. The molecule has 1 aromatic heterocycles. The van der Waals surface area contributed by atoms with Crippen molar-refractivity contribution in [3.05, 3.63) is 21.9 Å². The number of nitrogens with one attached hydrogen (secondary N) is 2. The van der Waals surface area contributed by atoms with Gasteiger partial charge in [0.15, 0.2) is 0 Å². The van der Waals surface area contributed by atoms with Crippen LogP contribution >= 0.6 is 0 Å². The van der Waals surface area contributed by atoms with Crippen molar-refractivity contribution < 1.29 is 9.90 Å². The normalized spacial score (nSPS) is 10.9. The lowest BCUT2D eigenvalue weighted by atomic mass is 10.1. The molecule has 0 unspecified atom stereocenters. The number of imidazole rings is 1. The summed E-state index contributed by atoms with van der Waals surface area (Å²) in [7, 11) is 0. The Labute approximate surface area is 87.5 Å². The predicted molar refractivity (Wildman–Crippen MR) is 55.9 cm³/mol. The van der Waals surface area contributed by atoms with E-state index in [0.717, 1.165) is 17.8 Å². The second-order valence-corrected chi connectivity index (χ2v) is 4.03. The van der Waals surface area contributed by atoms with E-state index < -0.39 is 5.97 Å². The maximum atomic E-state index is 11.1. The van der Waals surface area contributed by atoms with Crippen molar-refractivity contribution in [1.29, 1.82) is 0 Å². The summed E-state index contributed by atoms with van der Waals surface area (Å²) >= 11 is 0. The number of H-pyrrole nitrogens is 2. The van der Waals surface area contributed by atoms with E-state index in [9.17, 15) is 9.59 Å². The molecule has 1 heterocycles. The van der Waals surface area contributed by atoms with Crippen LogP contribution in [0.4, 0.5) is 0 Å². The summed E-state index contributed by atoms with van der Waals surface area (Å²) in [5, 5.41) is 8.55. The van der Waals surface area contributed by atoms with Crippen molar-refractivity contribution >= 4 is 5.97 Å².